The molecule has 2 aromatic heterocycles. The van der Waals surface area contributed by atoms with E-state index in [0.29, 0.717) is 0 Å². The van der Waals surface area contributed by atoms with Crippen molar-refractivity contribution in [3.63, 3.8) is 0 Å². The quantitative estimate of drug-likeness (QED) is 0.286. The van der Waals surface area contributed by atoms with E-state index in [0.717, 1.165) is 0 Å². The number of H-pyrrole nitrogens is 2. The van der Waals surface area contributed by atoms with Gasteiger partial charge in [-0.25, -0.2) is 0 Å². The zero-order valence-electron chi connectivity index (χ0n) is 15.1. The molecule has 7 aromatic rings. The van der Waals surface area contributed by atoms with E-state index in [4.69, 9.17) is 0 Å². The molecule has 130 valence electrons. The molecule has 2 N–H and O–H groups in total. The summed E-state index contributed by atoms with van der Waals surface area (Å²) in [5.41, 5.74) is 4.76. The Morgan fingerprint density at radius 2 is 0.750 bits per heavy atom. The summed E-state index contributed by atoms with van der Waals surface area (Å²) in [6.45, 7) is 0. The lowest BCUT2D eigenvalue weighted by Crippen LogP contribution is -1.77. The van der Waals surface area contributed by atoms with Gasteiger partial charge in [-0.15, -0.1) is 0 Å². The second kappa shape index (κ2) is 4.93. The van der Waals surface area contributed by atoms with Crippen LogP contribution in [0.4, 0.5) is 0 Å². The van der Waals surface area contributed by atoms with Crippen LogP contribution in [-0.2, 0) is 0 Å². The van der Waals surface area contributed by atoms with E-state index in [1.54, 1.807) is 0 Å². The van der Waals surface area contributed by atoms with Crippen molar-refractivity contribution < 1.29 is 0 Å². The number of fused-ring (bicyclic) bond motifs is 11. The zero-order valence-corrected chi connectivity index (χ0v) is 15.1. The van der Waals surface area contributed by atoms with Gasteiger partial charge in [0, 0.05) is 43.6 Å². The average Bonchev–Trinajstić information content (AvgIpc) is 3.31. The minimum atomic E-state index is 1.19. The van der Waals surface area contributed by atoms with Crippen LogP contribution in [0, 0.1) is 0 Å². The number of hydrogen-bond donors (Lipinski definition) is 2. The summed E-state index contributed by atoms with van der Waals surface area (Å²) in [5.74, 6) is 0. The summed E-state index contributed by atoms with van der Waals surface area (Å²) >= 11 is 0. The third-order valence-corrected chi connectivity index (χ3v) is 6.10. The summed E-state index contributed by atoms with van der Waals surface area (Å²) < 4.78 is 0. The largest absolute Gasteiger partial charge is 0.354 e. The molecule has 0 saturated carbocycles. The van der Waals surface area contributed by atoms with Gasteiger partial charge in [0.05, 0.1) is 0 Å². The van der Waals surface area contributed by atoms with Crippen molar-refractivity contribution in [2.24, 2.45) is 0 Å². The molecule has 5 aromatic carbocycles. The second-order valence-electron chi connectivity index (χ2n) is 7.58. The third kappa shape index (κ3) is 1.68. The molecule has 0 saturated heterocycles. The van der Waals surface area contributed by atoms with Gasteiger partial charge < -0.3 is 9.97 Å². The van der Waals surface area contributed by atoms with Gasteiger partial charge in [0.25, 0.3) is 0 Å². The van der Waals surface area contributed by atoms with Crippen LogP contribution in [0.25, 0.3) is 65.2 Å². The van der Waals surface area contributed by atoms with Crippen LogP contribution in [-0.4, -0.2) is 9.97 Å². The molecule has 0 aliphatic heterocycles. The van der Waals surface area contributed by atoms with Crippen LogP contribution in [0.15, 0.2) is 84.9 Å². The van der Waals surface area contributed by atoms with E-state index in [-0.39, 0.29) is 0 Å². The fraction of sp³-hybridized carbons (Fsp3) is 0. The molecule has 0 radical (unpaired) electrons. The van der Waals surface area contributed by atoms with E-state index in [2.05, 4.69) is 94.9 Å². The van der Waals surface area contributed by atoms with Crippen molar-refractivity contribution in [1.82, 2.24) is 9.97 Å². The van der Waals surface area contributed by atoms with Gasteiger partial charge in [0.2, 0.25) is 0 Å². The van der Waals surface area contributed by atoms with Crippen LogP contribution < -0.4 is 0 Å². The Morgan fingerprint density at radius 1 is 0.357 bits per heavy atom. The van der Waals surface area contributed by atoms with Crippen molar-refractivity contribution in [2.75, 3.05) is 0 Å². The number of rotatable bonds is 0. The molecule has 2 nitrogen and oxygen atoms in total. The molecule has 0 aliphatic rings. The molecule has 0 atom stereocenters. The molecule has 0 unspecified atom stereocenters. The standard InChI is InChI=1S/C26H16N2/c1-3-7-17-15(5-1)9-11-19-23(17)25-21(27-19)13-14-22-26(25)24-18-8-4-2-6-16(18)10-12-20(24)28-22/h1-14,27-28H. The summed E-state index contributed by atoms with van der Waals surface area (Å²) in [6.07, 6.45) is 0. The molecule has 0 spiro atoms. The molecular formula is C26H16N2. The van der Waals surface area contributed by atoms with Crippen molar-refractivity contribution in [2.45, 2.75) is 0 Å². The van der Waals surface area contributed by atoms with E-state index < -0.39 is 0 Å². The summed E-state index contributed by atoms with van der Waals surface area (Å²) in [5, 5.41) is 10.4. The number of aromatic amines is 2. The summed E-state index contributed by atoms with van der Waals surface area (Å²) in [6, 6.07) is 30.5. The average molecular weight is 356 g/mol. The maximum atomic E-state index is 3.65. The third-order valence-electron chi connectivity index (χ3n) is 6.10. The first-order valence-electron chi connectivity index (χ1n) is 9.64. The maximum absolute atomic E-state index is 3.65. The Bertz CT molecular complexity index is 1580. The fourth-order valence-electron chi connectivity index (χ4n) is 4.91. The molecule has 0 amide bonds. The Kier molecular flexibility index (Phi) is 2.52. The topological polar surface area (TPSA) is 31.6 Å². The first-order valence-corrected chi connectivity index (χ1v) is 9.64. The van der Waals surface area contributed by atoms with Crippen LogP contribution >= 0.6 is 0 Å². The van der Waals surface area contributed by atoms with Crippen LogP contribution in [0.5, 0.6) is 0 Å². The number of nitrogens with one attached hydrogen (secondary N) is 2. The molecule has 0 bridgehead atoms. The second-order valence-corrected chi connectivity index (χ2v) is 7.58. The first kappa shape index (κ1) is 14.3. The summed E-state index contributed by atoms with van der Waals surface area (Å²) in [7, 11) is 0. The highest BCUT2D eigenvalue weighted by Crippen LogP contribution is 2.41. The van der Waals surface area contributed by atoms with Gasteiger partial charge in [-0.3, -0.25) is 0 Å². The van der Waals surface area contributed by atoms with E-state index in [1.807, 2.05) is 0 Å². The van der Waals surface area contributed by atoms with Crippen molar-refractivity contribution >= 4 is 65.2 Å². The lowest BCUT2D eigenvalue weighted by atomic mass is 9.98. The molecule has 7 rings (SSSR count). The van der Waals surface area contributed by atoms with Crippen LogP contribution in [0.3, 0.4) is 0 Å². The molecular weight excluding hydrogens is 340 g/mol. The summed E-state index contributed by atoms with van der Waals surface area (Å²) in [4.78, 5) is 7.30. The predicted molar refractivity (Wildman–Crippen MR) is 120 cm³/mol. The van der Waals surface area contributed by atoms with E-state index >= 15 is 0 Å². The SMILES string of the molecule is c1ccc2c(c1)ccc1[nH]c3ccc4[nH]c5ccc6ccccc6c5c4c3c12. The minimum Gasteiger partial charge on any atom is -0.354 e. The highest BCUT2D eigenvalue weighted by Gasteiger charge is 2.16. The minimum absolute atomic E-state index is 1.19. The van der Waals surface area contributed by atoms with Gasteiger partial charge >= 0.3 is 0 Å². The predicted octanol–water partition coefficient (Wildman–Crippen LogP) is 7.26. The smallest absolute Gasteiger partial charge is 0.0472 e. The Morgan fingerprint density at radius 3 is 1.25 bits per heavy atom. The Labute approximate surface area is 160 Å². The number of benzene rings is 5. The first-order chi connectivity index (χ1) is 13.9. The monoisotopic (exact) mass is 356 g/mol. The molecule has 2 heteroatoms. The number of hydrogen-bond acceptors (Lipinski definition) is 0. The Hall–Kier alpha value is -3.78. The van der Waals surface area contributed by atoms with Gasteiger partial charge in [-0.2, -0.15) is 0 Å². The highest BCUT2D eigenvalue weighted by atomic mass is 14.7. The van der Waals surface area contributed by atoms with Gasteiger partial charge in [-0.05, 0) is 45.8 Å². The molecule has 0 fully saturated rings. The zero-order chi connectivity index (χ0) is 18.2. The Balaban J connectivity index is 1.87. The van der Waals surface area contributed by atoms with Gasteiger partial charge in [-0.1, -0.05) is 60.7 Å². The van der Waals surface area contributed by atoms with Gasteiger partial charge in [0.1, 0.15) is 0 Å². The lowest BCUT2D eigenvalue weighted by Gasteiger charge is -2.03. The normalized spacial score (nSPS) is 12.3. The van der Waals surface area contributed by atoms with E-state index in [9.17, 15) is 0 Å². The van der Waals surface area contributed by atoms with Crippen LogP contribution in [0.1, 0.15) is 0 Å². The lowest BCUT2D eigenvalue weighted by molar-refractivity contribution is 1.53. The fourth-order valence-corrected chi connectivity index (χ4v) is 4.91. The van der Waals surface area contributed by atoms with Crippen molar-refractivity contribution in [1.29, 1.82) is 0 Å². The molecule has 0 aliphatic carbocycles. The molecule has 2 heterocycles. The van der Waals surface area contributed by atoms with Crippen molar-refractivity contribution in [3.05, 3.63) is 84.9 Å². The van der Waals surface area contributed by atoms with Crippen molar-refractivity contribution in [3.8, 4) is 0 Å². The van der Waals surface area contributed by atoms with Gasteiger partial charge in [0.15, 0.2) is 0 Å². The highest BCUT2D eigenvalue weighted by molar-refractivity contribution is 6.35. The maximum Gasteiger partial charge on any atom is 0.0472 e. The number of aromatic nitrogens is 2. The van der Waals surface area contributed by atoms with Crippen LogP contribution in [0.2, 0.25) is 0 Å². The van der Waals surface area contributed by atoms with E-state index in [1.165, 1.54) is 65.2 Å². The molecule has 28 heavy (non-hydrogen) atoms.